The molecule has 0 aliphatic heterocycles. The van der Waals surface area contributed by atoms with Crippen LogP contribution in [0.5, 0.6) is 0 Å². The van der Waals surface area contributed by atoms with E-state index >= 15 is 0 Å². The first kappa shape index (κ1) is 28.3. The van der Waals surface area contributed by atoms with Crippen LogP contribution in [0.1, 0.15) is 30.0 Å². The minimum atomic E-state index is -3.10. The molecule has 0 radical (unpaired) electrons. The Labute approximate surface area is 236 Å². The van der Waals surface area contributed by atoms with Crippen molar-refractivity contribution in [2.45, 2.75) is 41.8 Å². The largest absolute Gasteiger partial charge is 0.375 e. The molecule has 3 N–H and O–H groups in total. The molecular formula is C23H25ClF2N8O2S3. The quantitative estimate of drug-likeness (QED) is 0.169. The molecule has 1 aliphatic carbocycles. The van der Waals surface area contributed by atoms with Crippen molar-refractivity contribution in [3.63, 3.8) is 0 Å². The Balaban J connectivity index is 1.63. The fourth-order valence-electron chi connectivity index (χ4n) is 3.77. The lowest BCUT2D eigenvalue weighted by Gasteiger charge is -2.15. The van der Waals surface area contributed by atoms with Gasteiger partial charge in [-0.05, 0) is 64.0 Å². The molecule has 0 spiro atoms. The van der Waals surface area contributed by atoms with Crippen molar-refractivity contribution in [1.29, 1.82) is 4.78 Å². The average molecular weight is 615 g/mol. The summed E-state index contributed by atoms with van der Waals surface area (Å²) in [7, 11) is 0.598. The van der Waals surface area contributed by atoms with Gasteiger partial charge in [-0.2, -0.15) is 0 Å². The van der Waals surface area contributed by atoms with Gasteiger partial charge < -0.3 is 10.0 Å². The molecule has 1 fully saturated rings. The smallest absolute Gasteiger partial charge is 0.291 e. The number of rotatable bonds is 10. The highest BCUT2D eigenvalue weighted by Crippen LogP contribution is 2.40. The number of hydrogen-bond donors (Lipinski definition) is 3. The second-order valence-electron chi connectivity index (χ2n) is 9.48. The van der Waals surface area contributed by atoms with Crippen molar-refractivity contribution >= 4 is 50.1 Å². The van der Waals surface area contributed by atoms with Crippen LogP contribution in [0, 0.1) is 11.7 Å². The Kier molecular flexibility index (Phi) is 7.69. The van der Waals surface area contributed by atoms with E-state index in [1.807, 2.05) is 25.1 Å². The monoisotopic (exact) mass is 614 g/mol. The highest BCUT2D eigenvalue weighted by atomic mass is 35.5. The van der Waals surface area contributed by atoms with Crippen LogP contribution in [0.15, 0.2) is 34.3 Å². The summed E-state index contributed by atoms with van der Waals surface area (Å²) in [4.78, 5) is 11.5. The number of nitrogens with one attached hydrogen (secondary N) is 2. The number of aromatic nitrogens is 5. The average Bonchev–Trinajstić information content (AvgIpc) is 3.26. The lowest BCUT2D eigenvalue weighted by atomic mass is 10.0. The van der Waals surface area contributed by atoms with Gasteiger partial charge in [-0.25, -0.2) is 32.5 Å². The third-order valence-electron chi connectivity index (χ3n) is 6.08. The molecule has 0 saturated heterocycles. The summed E-state index contributed by atoms with van der Waals surface area (Å²) in [6.45, 7) is 2.24. The predicted molar refractivity (Wildman–Crippen MR) is 148 cm³/mol. The fourth-order valence-corrected chi connectivity index (χ4v) is 6.98. The number of alkyl halides is 2. The van der Waals surface area contributed by atoms with E-state index in [9.17, 15) is 18.1 Å². The molecule has 0 bridgehead atoms. The van der Waals surface area contributed by atoms with Gasteiger partial charge in [-0.1, -0.05) is 22.9 Å². The molecular weight excluding hydrogens is 590 g/mol. The SMILES string of the molecule is Cc1nc(S(=N)(=O)CCN(C)C)ccc1-c1cc(SNC2(O)CC2)cn2c(-c3nnc(C(F)F)s3)nc(Cl)c12. The molecule has 10 nitrogen and oxygen atoms in total. The van der Waals surface area contributed by atoms with Gasteiger partial charge in [0.1, 0.15) is 10.8 Å². The van der Waals surface area contributed by atoms with E-state index < -0.39 is 26.9 Å². The number of pyridine rings is 2. The first-order chi connectivity index (χ1) is 18.4. The summed E-state index contributed by atoms with van der Waals surface area (Å²) in [5, 5.41) is 17.8. The van der Waals surface area contributed by atoms with E-state index in [1.54, 1.807) is 29.7 Å². The van der Waals surface area contributed by atoms with Crippen molar-refractivity contribution in [2.75, 3.05) is 26.4 Å². The van der Waals surface area contributed by atoms with Gasteiger partial charge in [-0.3, -0.25) is 4.40 Å². The summed E-state index contributed by atoms with van der Waals surface area (Å²) in [6, 6.07) is 5.18. The zero-order valence-electron chi connectivity index (χ0n) is 21.1. The molecule has 16 heteroatoms. The van der Waals surface area contributed by atoms with Gasteiger partial charge in [0, 0.05) is 34.5 Å². The number of halogens is 3. The molecule has 1 saturated carbocycles. The van der Waals surface area contributed by atoms with Crippen molar-refractivity contribution in [3.8, 4) is 22.0 Å². The Bertz CT molecular complexity index is 1650. The van der Waals surface area contributed by atoms with Crippen LogP contribution in [0.4, 0.5) is 8.78 Å². The van der Waals surface area contributed by atoms with E-state index in [4.69, 9.17) is 16.4 Å². The predicted octanol–water partition coefficient (Wildman–Crippen LogP) is 4.86. The van der Waals surface area contributed by atoms with E-state index in [2.05, 4.69) is 24.9 Å². The van der Waals surface area contributed by atoms with Gasteiger partial charge in [0.15, 0.2) is 21.0 Å². The Hall–Kier alpha value is -2.27. The second kappa shape index (κ2) is 10.6. The van der Waals surface area contributed by atoms with Crippen LogP contribution in [0.3, 0.4) is 0 Å². The van der Waals surface area contributed by atoms with E-state index in [0.29, 0.717) is 46.6 Å². The fraction of sp³-hybridized carbons (Fsp3) is 0.391. The second-order valence-corrected chi connectivity index (χ2v) is 13.9. The maximum Gasteiger partial charge on any atom is 0.291 e. The highest BCUT2D eigenvalue weighted by Gasteiger charge is 2.40. The molecule has 4 aromatic heterocycles. The van der Waals surface area contributed by atoms with Gasteiger partial charge in [-0.15, -0.1) is 10.2 Å². The van der Waals surface area contributed by atoms with Crippen LogP contribution in [-0.4, -0.2) is 70.9 Å². The molecule has 0 aromatic carbocycles. The number of aryl methyl sites for hydroxylation is 1. The Morgan fingerprint density at radius 3 is 2.67 bits per heavy atom. The standard InChI is InChI=1S/C23H25ClF2N8O2S3/c1-12-14(4-5-16(28-12)39(27,36)9-8-33(2)3)15-10-13(38-32-23(35)6-7-23)11-34-17(15)18(24)29-20(34)22-31-30-21(37-22)19(25)26/h4-5,10-11,19,27,32,35H,6-9H2,1-3H3. The van der Waals surface area contributed by atoms with Gasteiger partial charge in [0.25, 0.3) is 6.43 Å². The maximum absolute atomic E-state index is 13.2. The highest BCUT2D eigenvalue weighted by molar-refractivity contribution is 7.97. The lowest BCUT2D eigenvalue weighted by Crippen LogP contribution is -2.23. The number of fused-ring (bicyclic) bond motifs is 1. The van der Waals surface area contributed by atoms with Crippen LogP contribution in [0.25, 0.3) is 27.5 Å². The third-order valence-corrected chi connectivity index (χ3v) is 9.87. The van der Waals surface area contributed by atoms with E-state index in [-0.39, 0.29) is 26.8 Å². The molecule has 1 unspecified atom stereocenters. The van der Waals surface area contributed by atoms with Crippen molar-refractivity contribution in [2.24, 2.45) is 0 Å². The normalized spacial score (nSPS) is 16.3. The zero-order chi connectivity index (χ0) is 28.1. The molecule has 4 aromatic rings. The molecule has 1 aliphatic rings. The Morgan fingerprint density at radius 1 is 1.31 bits per heavy atom. The van der Waals surface area contributed by atoms with Gasteiger partial charge in [0.2, 0.25) is 0 Å². The van der Waals surface area contributed by atoms with Crippen molar-refractivity contribution < 1.29 is 18.1 Å². The van der Waals surface area contributed by atoms with Crippen LogP contribution in [-0.2, 0) is 9.73 Å². The zero-order valence-corrected chi connectivity index (χ0v) is 24.3. The summed E-state index contributed by atoms with van der Waals surface area (Å²) < 4.78 is 52.6. The van der Waals surface area contributed by atoms with Crippen LogP contribution in [0.2, 0.25) is 5.15 Å². The minimum absolute atomic E-state index is 0.123. The molecule has 4 heterocycles. The van der Waals surface area contributed by atoms with Crippen LogP contribution < -0.4 is 4.72 Å². The number of imidazole rings is 1. The van der Waals surface area contributed by atoms with E-state index in [0.717, 1.165) is 11.3 Å². The summed E-state index contributed by atoms with van der Waals surface area (Å²) >= 11 is 8.54. The van der Waals surface area contributed by atoms with Gasteiger partial charge in [0.05, 0.1) is 21.0 Å². The summed E-state index contributed by atoms with van der Waals surface area (Å²) in [5.74, 6) is 0.394. The molecule has 0 amide bonds. The summed E-state index contributed by atoms with van der Waals surface area (Å²) in [6.07, 6.45) is 0.224. The van der Waals surface area contributed by atoms with E-state index in [1.165, 1.54) is 11.9 Å². The van der Waals surface area contributed by atoms with Gasteiger partial charge >= 0.3 is 0 Å². The van der Waals surface area contributed by atoms with Crippen molar-refractivity contribution in [3.05, 3.63) is 40.3 Å². The number of nitrogens with zero attached hydrogens (tertiary/aromatic N) is 6. The topological polar surface area (TPSA) is 132 Å². The maximum atomic E-state index is 13.2. The third kappa shape index (κ3) is 5.94. The van der Waals surface area contributed by atoms with Crippen LogP contribution >= 0.6 is 34.9 Å². The molecule has 39 heavy (non-hydrogen) atoms. The first-order valence-corrected chi connectivity index (χ1v) is 15.5. The number of aliphatic hydroxyl groups is 1. The molecule has 1 atom stereocenters. The minimum Gasteiger partial charge on any atom is -0.375 e. The molecule has 5 rings (SSSR count). The first-order valence-electron chi connectivity index (χ1n) is 11.8. The number of hydrogen-bond acceptors (Lipinski definition) is 11. The Morgan fingerprint density at radius 2 is 2.05 bits per heavy atom. The van der Waals surface area contributed by atoms with Crippen molar-refractivity contribution in [1.82, 2.24) is 34.2 Å². The lowest BCUT2D eigenvalue weighted by molar-refractivity contribution is 0.142. The molecule has 208 valence electrons. The summed E-state index contributed by atoms with van der Waals surface area (Å²) in [5.41, 5.74) is 1.38.